The van der Waals surface area contributed by atoms with E-state index in [0.717, 1.165) is 6.92 Å². The summed E-state index contributed by atoms with van der Waals surface area (Å²) in [5.74, 6) is -3.82. The van der Waals surface area contributed by atoms with Crippen LogP contribution in [0.3, 0.4) is 0 Å². The van der Waals surface area contributed by atoms with E-state index in [0.29, 0.717) is 0 Å². The molecule has 0 spiro atoms. The summed E-state index contributed by atoms with van der Waals surface area (Å²) in [6.45, 7) is 0.949. The molecule has 2 atom stereocenters. The highest BCUT2D eigenvalue weighted by atomic mass is 19.4. The smallest absolute Gasteiger partial charge is 0.234 e. The summed E-state index contributed by atoms with van der Waals surface area (Å²) in [4.78, 5) is 0. The average molecular weight is 238 g/mol. The molecule has 0 heterocycles. The van der Waals surface area contributed by atoms with Gasteiger partial charge in [-0.05, 0) is 13.3 Å². The van der Waals surface area contributed by atoms with Crippen molar-refractivity contribution in [2.75, 3.05) is 0 Å². The number of alkyl halides is 4. The van der Waals surface area contributed by atoms with Crippen LogP contribution in [-0.2, 0) is 0 Å². The van der Waals surface area contributed by atoms with Gasteiger partial charge in [-0.15, -0.1) is 0 Å². The Bertz CT molecular complexity index is 246. The van der Waals surface area contributed by atoms with Gasteiger partial charge in [0, 0.05) is 5.92 Å². The lowest BCUT2D eigenvalue weighted by Crippen LogP contribution is -2.39. The Hall–Kier alpha value is -0.750. The quantitative estimate of drug-likeness (QED) is 0.640. The second kappa shape index (κ2) is 4.40. The molecule has 0 amide bonds. The molecule has 0 radical (unpaired) electrons. The van der Waals surface area contributed by atoms with E-state index >= 15 is 0 Å². The van der Waals surface area contributed by atoms with Gasteiger partial charge in [-0.2, -0.15) is 22.0 Å². The van der Waals surface area contributed by atoms with Crippen LogP contribution in [0.1, 0.15) is 20.3 Å². The van der Waals surface area contributed by atoms with Crippen molar-refractivity contribution in [3.05, 3.63) is 11.9 Å². The number of allylic oxidation sites excluding steroid dienone is 1. The Balaban J connectivity index is 4.70. The van der Waals surface area contributed by atoms with Crippen LogP contribution < -0.4 is 0 Å². The van der Waals surface area contributed by atoms with Crippen molar-refractivity contribution in [2.24, 2.45) is 5.92 Å². The van der Waals surface area contributed by atoms with Crippen LogP contribution in [-0.4, -0.2) is 11.8 Å². The number of rotatable bonds is 3. The van der Waals surface area contributed by atoms with Gasteiger partial charge in [0.1, 0.15) is 0 Å². The molecule has 0 aromatic rings. The monoisotopic (exact) mass is 238 g/mol. The predicted molar refractivity (Wildman–Crippen MR) is 39.7 cm³/mol. The maximum atomic E-state index is 12.9. The zero-order valence-electron chi connectivity index (χ0n) is 7.93. The summed E-state index contributed by atoms with van der Waals surface area (Å²) in [5, 5.41) is 0. The fraction of sp³-hybridized carbons (Fsp3) is 0.750. The fourth-order valence-corrected chi connectivity index (χ4v) is 0.967. The van der Waals surface area contributed by atoms with Crippen molar-refractivity contribution >= 4 is 0 Å². The third-order valence-electron chi connectivity index (χ3n) is 1.89. The van der Waals surface area contributed by atoms with E-state index in [9.17, 15) is 30.7 Å². The van der Waals surface area contributed by atoms with Gasteiger partial charge in [-0.3, -0.25) is 0 Å². The lowest BCUT2D eigenvalue weighted by Gasteiger charge is -2.25. The molecule has 0 nitrogen and oxygen atoms in total. The molecule has 90 valence electrons. The first-order valence-corrected chi connectivity index (χ1v) is 3.95. The largest absolute Gasteiger partial charge is 0.422 e. The summed E-state index contributed by atoms with van der Waals surface area (Å²) in [6.07, 6.45) is -9.30. The Morgan fingerprint density at radius 2 is 1.47 bits per heavy atom. The third-order valence-corrected chi connectivity index (χ3v) is 1.89. The lowest BCUT2D eigenvalue weighted by molar-refractivity contribution is -0.228. The van der Waals surface area contributed by atoms with Gasteiger partial charge in [0.2, 0.25) is 5.67 Å². The number of hydrogen-bond acceptors (Lipinski definition) is 0. The second-order valence-corrected chi connectivity index (χ2v) is 3.41. The molecule has 0 aliphatic carbocycles. The van der Waals surface area contributed by atoms with Crippen LogP contribution >= 0.6 is 0 Å². The van der Waals surface area contributed by atoms with Gasteiger partial charge < -0.3 is 0 Å². The molecule has 0 rings (SSSR count). The van der Waals surface area contributed by atoms with Crippen molar-refractivity contribution in [3.63, 3.8) is 0 Å². The van der Waals surface area contributed by atoms with Gasteiger partial charge in [-0.25, -0.2) is 8.78 Å². The second-order valence-electron chi connectivity index (χ2n) is 3.41. The highest BCUT2D eigenvalue weighted by molar-refractivity contribution is 4.99. The number of hydrogen-bond donors (Lipinski definition) is 0. The minimum atomic E-state index is -5.20. The zero-order chi connectivity index (χ0) is 12.4. The zero-order valence-corrected chi connectivity index (χ0v) is 7.93. The minimum absolute atomic E-state index is 0.187. The average Bonchev–Trinajstić information content (AvgIpc) is 1.99. The Labute approximate surface area is 81.8 Å². The van der Waals surface area contributed by atoms with Crippen LogP contribution in [0.25, 0.3) is 0 Å². The molecule has 0 saturated heterocycles. The molecule has 0 aromatic heterocycles. The minimum Gasteiger partial charge on any atom is -0.234 e. The Morgan fingerprint density at radius 3 is 1.73 bits per heavy atom. The van der Waals surface area contributed by atoms with Gasteiger partial charge >= 0.3 is 12.3 Å². The highest BCUT2D eigenvalue weighted by Gasteiger charge is 2.52. The molecule has 0 saturated carbocycles. The Morgan fingerprint density at radius 1 is 1.07 bits per heavy atom. The normalized spacial score (nSPS) is 18.2. The van der Waals surface area contributed by atoms with Gasteiger partial charge in [0.25, 0.3) is 0 Å². The van der Waals surface area contributed by atoms with Crippen LogP contribution in [0.4, 0.5) is 30.7 Å². The van der Waals surface area contributed by atoms with E-state index < -0.39 is 36.1 Å². The van der Waals surface area contributed by atoms with E-state index in [2.05, 4.69) is 0 Å². The van der Waals surface area contributed by atoms with E-state index in [4.69, 9.17) is 0 Å². The molecular formula is C8H9F7. The molecule has 15 heavy (non-hydrogen) atoms. The third kappa shape index (κ3) is 3.71. The molecule has 0 aliphatic heterocycles. The van der Waals surface area contributed by atoms with Crippen molar-refractivity contribution in [1.29, 1.82) is 0 Å². The van der Waals surface area contributed by atoms with Crippen molar-refractivity contribution in [2.45, 2.75) is 32.1 Å². The SMILES string of the molecule is CC(CC(C)(F)C(F)(F)F)C(F)=C(F)F. The molecule has 0 N–H and O–H groups in total. The first-order valence-electron chi connectivity index (χ1n) is 3.95. The predicted octanol–water partition coefficient (Wildman–Crippen LogP) is 4.38. The van der Waals surface area contributed by atoms with Crippen molar-refractivity contribution in [1.82, 2.24) is 0 Å². The maximum absolute atomic E-state index is 12.9. The summed E-state index contributed by atoms with van der Waals surface area (Å²) >= 11 is 0. The maximum Gasteiger partial charge on any atom is 0.422 e. The summed E-state index contributed by atoms with van der Waals surface area (Å²) < 4.78 is 84.5. The lowest BCUT2D eigenvalue weighted by atomic mass is 9.93. The molecule has 7 heteroatoms. The van der Waals surface area contributed by atoms with Gasteiger partial charge in [-0.1, -0.05) is 6.92 Å². The van der Waals surface area contributed by atoms with E-state index in [-0.39, 0.29) is 6.92 Å². The van der Waals surface area contributed by atoms with Crippen LogP contribution in [0, 0.1) is 5.92 Å². The number of halogens is 7. The first-order chi connectivity index (χ1) is 6.49. The molecule has 0 fully saturated rings. The Kier molecular flexibility index (Phi) is 4.18. The topological polar surface area (TPSA) is 0 Å². The fourth-order valence-electron chi connectivity index (χ4n) is 0.967. The molecule has 2 unspecified atom stereocenters. The molecular weight excluding hydrogens is 229 g/mol. The molecule has 0 bridgehead atoms. The summed E-state index contributed by atoms with van der Waals surface area (Å²) in [5.41, 5.74) is -3.68. The van der Waals surface area contributed by atoms with Crippen LogP contribution in [0.5, 0.6) is 0 Å². The van der Waals surface area contributed by atoms with Crippen molar-refractivity contribution in [3.8, 4) is 0 Å². The van der Waals surface area contributed by atoms with E-state index in [1.165, 1.54) is 0 Å². The molecule has 0 aromatic carbocycles. The van der Waals surface area contributed by atoms with E-state index in [1.807, 2.05) is 0 Å². The van der Waals surface area contributed by atoms with Crippen LogP contribution in [0.2, 0.25) is 0 Å². The summed E-state index contributed by atoms with van der Waals surface area (Å²) in [7, 11) is 0. The standard InChI is InChI=1S/C8H9F7/c1-4(5(9)6(10)11)3-7(2,12)8(13,14)15/h4H,3H2,1-2H3. The van der Waals surface area contributed by atoms with Gasteiger partial charge in [0.05, 0.1) is 0 Å². The van der Waals surface area contributed by atoms with Crippen molar-refractivity contribution < 1.29 is 30.7 Å². The first kappa shape index (κ1) is 14.2. The van der Waals surface area contributed by atoms with Gasteiger partial charge in [0.15, 0.2) is 5.83 Å². The summed E-state index contributed by atoms with van der Waals surface area (Å²) in [6, 6.07) is 0. The van der Waals surface area contributed by atoms with Crippen LogP contribution in [0.15, 0.2) is 11.9 Å². The highest BCUT2D eigenvalue weighted by Crippen LogP contribution is 2.40. The molecule has 0 aliphatic rings. The van der Waals surface area contributed by atoms with E-state index in [1.54, 1.807) is 0 Å².